The van der Waals surface area contributed by atoms with Crippen molar-refractivity contribution >= 4 is 16.9 Å². The molecule has 1 amide bonds. The van der Waals surface area contributed by atoms with E-state index < -0.39 is 6.04 Å². The molecule has 0 aliphatic carbocycles. The van der Waals surface area contributed by atoms with Crippen molar-refractivity contribution in [2.24, 2.45) is 0 Å². The zero-order valence-electron chi connectivity index (χ0n) is 16.0. The fraction of sp³-hybridized carbons (Fsp3) is 0.120. The van der Waals surface area contributed by atoms with Crippen molar-refractivity contribution < 1.29 is 9.21 Å². The Morgan fingerprint density at radius 1 is 0.862 bits per heavy atom. The Labute approximate surface area is 168 Å². The second-order valence-corrected chi connectivity index (χ2v) is 7.40. The maximum atomic E-state index is 13.4. The van der Waals surface area contributed by atoms with E-state index in [9.17, 15) is 9.59 Å². The highest BCUT2D eigenvalue weighted by Gasteiger charge is 2.42. The lowest BCUT2D eigenvalue weighted by molar-refractivity contribution is 0.0714. The summed E-state index contributed by atoms with van der Waals surface area (Å²) in [4.78, 5) is 28.4. The summed E-state index contributed by atoms with van der Waals surface area (Å²) >= 11 is 0. The minimum Gasteiger partial charge on any atom is -0.450 e. The van der Waals surface area contributed by atoms with Crippen LogP contribution in [-0.4, -0.2) is 10.8 Å². The molecule has 0 radical (unpaired) electrons. The molecular weight excluding hydrogens is 362 g/mol. The number of carbonyl (C=O) groups is 1. The zero-order valence-corrected chi connectivity index (χ0v) is 16.0. The molecule has 0 unspecified atom stereocenters. The first-order valence-corrected chi connectivity index (χ1v) is 9.60. The van der Waals surface area contributed by atoms with Gasteiger partial charge in [0.05, 0.1) is 17.0 Å². The molecule has 2 heterocycles. The molecule has 5 rings (SSSR count). The van der Waals surface area contributed by atoms with E-state index in [1.165, 1.54) is 0 Å². The molecular formula is C25H19NO3. The van der Waals surface area contributed by atoms with Crippen molar-refractivity contribution in [2.75, 3.05) is 0 Å². The molecule has 0 bridgehead atoms. The van der Waals surface area contributed by atoms with Crippen LogP contribution in [0.1, 0.15) is 38.9 Å². The number of rotatable bonds is 3. The van der Waals surface area contributed by atoms with Crippen molar-refractivity contribution in [1.29, 1.82) is 0 Å². The predicted octanol–water partition coefficient (Wildman–Crippen LogP) is 4.85. The van der Waals surface area contributed by atoms with E-state index in [-0.39, 0.29) is 17.1 Å². The van der Waals surface area contributed by atoms with Crippen molar-refractivity contribution in [3.8, 4) is 0 Å². The lowest BCUT2D eigenvalue weighted by atomic mass is 9.97. The molecule has 0 spiro atoms. The van der Waals surface area contributed by atoms with Crippen molar-refractivity contribution in [3.05, 3.63) is 117 Å². The fourth-order valence-electron chi connectivity index (χ4n) is 4.01. The highest BCUT2D eigenvalue weighted by atomic mass is 16.3. The molecule has 1 aliphatic rings. The van der Waals surface area contributed by atoms with Gasteiger partial charge >= 0.3 is 0 Å². The highest BCUT2D eigenvalue weighted by molar-refractivity contribution is 5.99. The van der Waals surface area contributed by atoms with E-state index in [1.807, 2.05) is 67.6 Å². The minimum atomic E-state index is -0.473. The first-order valence-electron chi connectivity index (χ1n) is 9.60. The molecule has 0 saturated carbocycles. The van der Waals surface area contributed by atoms with Crippen LogP contribution in [0.2, 0.25) is 0 Å². The normalized spacial score (nSPS) is 15.7. The Hall–Kier alpha value is -3.66. The van der Waals surface area contributed by atoms with Crippen LogP contribution in [0.3, 0.4) is 0 Å². The van der Waals surface area contributed by atoms with Gasteiger partial charge in [0.2, 0.25) is 5.76 Å². The van der Waals surface area contributed by atoms with Crippen LogP contribution >= 0.6 is 0 Å². The van der Waals surface area contributed by atoms with Crippen LogP contribution < -0.4 is 5.43 Å². The Morgan fingerprint density at radius 2 is 1.55 bits per heavy atom. The molecule has 1 aliphatic heterocycles. The van der Waals surface area contributed by atoms with E-state index in [0.717, 1.165) is 16.7 Å². The smallest absolute Gasteiger partial charge is 0.291 e. The number of nitrogens with zero attached hydrogens (tertiary/aromatic N) is 1. The van der Waals surface area contributed by atoms with Crippen LogP contribution in [0, 0.1) is 6.92 Å². The van der Waals surface area contributed by atoms with Gasteiger partial charge in [0.1, 0.15) is 5.58 Å². The van der Waals surface area contributed by atoms with Crippen LogP contribution in [-0.2, 0) is 6.54 Å². The third-order valence-electron chi connectivity index (χ3n) is 5.46. The van der Waals surface area contributed by atoms with E-state index in [1.54, 1.807) is 23.1 Å². The lowest BCUT2D eigenvalue weighted by Crippen LogP contribution is -2.29. The Kier molecular flexibility index (Phi) is 4.06. The zero-order chi connectivity index (χ0) is 20.0. The Bertz CT molecular complexity index is 1270. The number of benzene rings is 3. The van der Waals surface area contributed by atoms with Gasteiger partial charge in [-0.1, -0.05) is 72.3 Å². The molecule has 29 heavy (non-hydrogen) atoms. The molecule has 4 heteroatoms. The van der Waals surface area contributed by atoms with Gasteiger partial charge in [-0.2, -0.15) is 0 Å². The van der Waals surface area contributed by atoms with Gasteiger partial charge in [-0.25, -0.2) is 0 Å². The molecule has 3 aromatic carbocycles. The third-order valence-corrected chi connectivity index (χ3v) is 5.46. The van der Waals surface area contributed by atoms with Crippen molar-refractivity contribution in [1.82, 2.24) is 4.90 Å². The van der Waals surface area contributed by atoms with Crippen molar-refractivity contribution in [3.63, 3.8) is 0 Å². The van der Waals surface area contributed by atoms with Crippen molar-refractivity contribution in [2.45, 2.75) is 19.5 Å². The molecule has 0 N–H and O–H groups in total. The molecule has 0 saturated heterocycles. The topological polar surface area (TPSA) is 50.5 Å². The summed E-state index contributed by atoms with van der Waals surface area (Å²) in [5, 5.41) is 0.498. The molecule has 142 valence electrons. The largest absolute Gasteiger partial charge is 0.450 e. The summed E-state index contributed by atoms with van der Waals surface area (Å²) in [7, 11) is 0. The van der Waals surface area contributed by atoms with Gasteiger partial charge in [-0.3, -0.25) is 9.59 Å². The Morgan fingerprint density at radius 3 is 2.31 bits per heavy atom. The van der Waals surface area contributed by atoms with Crippen LogP contribution in [0.15, 0.2) is 88.1 Å². The molecule has 4 nitrogen and oxygen atoms in total. The monoisotopic (exact) mass is 381 g/mol. The number of aryl methyl sites for hydroxylation is 1. The van der Waals surface area contributed by atoms with E-state index in [4.69, 9.17) is 4.42 Å². The summed E-state index contributed by atoms with van der Waals surface area (Å²) in [5.41, 5.74) is 3.75. The van der Waals surface area contributed by atoms with Gasteiger partial charge in [-0.15, -0.1) is 0 Å². The number of carbonyl (C=O) groups excluding carboxylic acids is 1. The number of amides is 1. The number of hydrogen-bond donors (Lipinski definition) is 0. The molecule has 4 aromatic rings. The van der Waals surface area contributed by atoms with Gasteiger partial charge < -0.3 is 9.32 Å². The first-order chi connectivity index (χ1) is 14.1. The van der Waals surface area contributed by atoms with Gasteiger partial charge in [0, 0.05) is 6.54 Å². The van der Waals surface area contributed by atoms with Crippen LogP contribution in [0.25, 0.3) is 11.0 Å². The lowest BCUT2D eigenvalue weighted by Gasteiger charge is -2.25. The maximum Gasteiger partial charge on any atom is 0.291 e. The summed E-state index contributed by atoms with van der Waals surface area (Å²) in [6.07, 6.45) is 0. The first kappa shape index (κ1) is 17.4. The second kappa shape index (κ2) is 6.74. The molecule has 1 aromatic heterocycles. The number of para-hydroxylation sites is 1. The summed E-state index contributed by atoms with van der Waals surface area (Å²) < 4.78 is 5.95. The third kappa shape index (κ3) is 2.85. The SMILES string of the molecule is Cc1ccc([C@@H]2c3c(oc4ccccc4c3=O)C(=O)N2Cc2ccccc2)cc1. The predicted molar refractivity (Wildman–Crippen MR) is 112 cm³/mol. The fourth-order valence-corrected chi connectivity index (χ4v) is 4.01. The maximum absolute atomic E-state index is 13.4. The standard InChI is InChI=1S/C25H19NO3/c1-16-11-13-18(14-12-16)22-21-23(27)19-9-5-6-10-20(19)29-24(21)25(28)26(22)15-17-7-3-2-4-8-17/h2-14,22H,15H2,1H3/t22-/m1/s1. The average molecular weight is 381 g/mol. The van der Waals surface area contributed by atoms with E-state index >= 15 is 0 Å². The summed E-state index contributed by atoms with van der Waals surface area (Å²) in [6, 6.07) is 24.4. The second-order valence-electron chi connectivity index (χ2n) is 7.40. The van der Waals surface area contributed by atoms with E-state index in [2.05, 4.69) is 0 Å². The summed E-state index contributed by atoms with van der Waals surface area (Å²) in [5.74, 6) is -0.104. The van der Waals surface area contributed by atoms with Crippen LogP contribution in [0.4, 0.5) is 0 Å². The molecule has 1 atom stereocenters. The van der Waals surface area contributed by atoms with Gasteiger partial charge in [0.15, 0.2) is 5.43 Å². The quantitative estimate of drug-likeness (QED) is 0.510. The molecule has 0 fully saturated rings. The average Bonchev–Trinajstić information content (AvgIpc) is 3.02. The summed E-state index contributed by atoms with van der Waals surface area (Å²) in [6.45, 7) is 2.42. The minimum absolute atomic E-state index is 0.142. The van der Waals surface area contributed by atoms with Gasteiger partial charge in [0.25, 0.3) is 5.91 Å². The van der Waals surface area contributed by atoms with Crippen LogP contribution in [0.5, 0.6) is 0 Å². The number of hydrogen-bond acceptors (Lipinski definition) is 3. The Balaban J connectivity index is 1.73. The van der Waals surface area contributed by atoms with E-state index in [0.29, 0.717) is 23.1 Å². The van der Waals surface area contributed by atoms with Gasteiger partial charge in [-0.05, 0) is 30.2 Å². The number of fused-ring (bicyclic) bond motifs is 2. The highest BCUT2D eigenvalue weighted by Crippen LogP contribution is 2.39.